The quantitative estimate of drug-likeness (QED) is 0.715. The highest BCUT2D eigenvalue weighted by atomic mass is 16.3. The summed E-state index contributed by atoms with van der Waals surface area (Å²) >= 11 is 0. The van der Waals surface area contributed by atoms with Crippen molar-refractivity contribution in [3.05, 3.63) is 18.0 Å². The van der Waals surface area contributed by atoms with Crippen molar-refractivity contribution >= 4 is 5.95 Å². The van der Waals surface area contributed by atoms with Crippen molar-refractivity contribution in [1.29, 1.82) is 0 Å². The Morgan fingerprint density at radius 1 is 1.57 bits per heavy atom. The Hall–Kier alpha value is -1.16. The monoisotopic (exact) mass is 193 g/mol. The van der Waals surface area contributed by atoms with Gasteiger partial charge in [0.15, 0.2) is 0 Å². The Morgan fingerprint density at radius 3 is 2.93 bits per heavy atom. The summed E-state index contributed by atoms with van der Waals surface area (Å²) in [7, 11) is 0. The number of aromatic nitrogens is 2. The van der Waals surface area contributed by atoms with Crippen molar-refractivity contribution in [2.45, 2.75) is 25.9 Å². The molecule has 0 spiro atoms. The minimum absolute atomic E-state index is 0.590. The molecule has 2 heterocycles. The molecule has 76 valence electrons. The van der Waals surface area contributed by atoms with Gasteiger partial charge >= 0.3 is 0 Å². The number of hydrogen-bond donors (Lipinski definition) is 1. The molecular weight excluding hydrogens is 178 g/mol. The summed E-state index contributed by atoms with van der Waals surface area (Å²) in [5.74, 6) is 0.725. The first kappa shape index (κ1) is 9.40. The molecule has 4 heteroatoms. The van der Waals surface area contributed by atoms with Gasteiger partial charge in [-0.2, -0.15) is 0 Å². The van der Waals surface area contributed by atoms with E-state index in [9.17, 15) is 5.11 Å². The van der Waals surface area contributed by atoms with Crippen LogP contribution in [0.4, 0.5) is 5.95 Å². The Bertz CT molecular complexity index is 338. The first-order chi connectivity index (χ1) is 6.57. The summed E-state index contributed by atoms with van der Waals surface area (Å²) in [6.45, 7) is 5.25. The fourth-order valence-corrected chi connectivity index (χ4v) is 1.70. The first-order valence-electron chi connectivity index (χ1n) is 4.84. The maximum Gasteiger partial charge on any atom is 0.225 e. The fraction of sp³-hybridized carbons (Fsp3) is 0.600. The van der Waals surface area contributed by atoms with Crippen LogP contribution in [0.25, 0.3) is 0 Å². The number of nitrogens with zero attached hydrogens (tertiary/aromatic N) is 3. The van der Waals surface area contributed by atoms with Crippen LogP contribution < -0.4 is 4.90 Å². The van der Waals surface area contributed by atoms with E-state index in [0.29, 0.717) is 6.54 Å². The summed E-state index contributed by atoms with van der Waals surface area (Å²) in [5.41, 5.74) is 0.370. The van der Waals surface area contributed by atoms with Crippen LogP contribution in [0.15, 0.2) is 12.3 Å². The van der Waals surface area contributed by atoms with Gasteiger partial charge in [-0.25, -0.2) is 9.97 Å². The smallest absolute Gasteiger partial charge is 0.225 e. The third kappa shape index (κ3) is 1.85. The Labute approximate surface area is 83.6 Å². The van der Waals surface area contributed by atoms with E-state index in [1.165, 1.54) is 0 Å². The molecule has 14 heavy (non-hydrogen) atoms. The van der Waals surface area contributed by atoms with Crippen LogP contribution >= 0.6 is 0 Å². The van der Waals surface area contributed by atoms with Gasteiger partial charge in [-0.3, -0.25) is 0 Å². The van der Waals surface area contributed by atoms with E-state index < -0.39 is 5.60 Å². The van der Waals surface area contributed by atoms with Crippen molar-refractivity contribution < 1.29 is 5.11 Å². The summed E-state index contributed by atoms with van der Waals surface area (Å²) in [6, 6.07) is 1.87. The van der Waals surface area contributed by atoms with E-state index in [-0.39, 0.29) is 0 Å². The minimum Gasteiger partial charge on any atom is -0.388 e. The molecule has 0 bridgehead atoms. The van der Waals surface area contributed by atoms with Gasteiger partial charge in [-0.15, -0.1) is 0 Å². The molecular formula is C10H15N3O. The van der Waals surface area contributed by atoms with Crippen molar-refractivity contribution in [1.82, 2.24) is 9.97 Å². The van der Waals surface area contributed by atoms with Crippen LogP contribution in [0.2, 0.25) is 0 Å². The molecule has 2 rings (SSSR count). The van der Waals surface area contributed by atoms with E-state index in [0.717, 1.165) is 24.6 Å². The van der Waals surface area contributed by atoms with Crippen LogP contribution in [0.5, 0.6) is 0 Å². The largest absolute Gasteiger partial charge is 0.388 e. The van der Waals surface area contributed by atoms with E-state index in [1.807, 2.05) is 24.8 Å². The highest BCUT2D eigenvalue weighted by molar-refractivity contribution is 5.33. The summed E-state index contributed by atoms with van der Waals surface area (Å²) in [6.07, 6.45) is 2.54. The van der Waals surface area contributed by atoms with Crippen LogP contribution in [0.3, 0.4) is 0 Å². The average molecular weight is 193 g/mol. The lowest BCUT2D eigenvalue weighted by Gasteiger charge is -2.18. The zero-order chi connectivity index (χ0) is 10.2. The molecule has 0 aliphatic carbocycles. The standard InChI is InChI=1S/C10H15N3O/c1-8-3-5-11-9(12-8)13-6-4-10(2,14)7-13/h3,5,14H,4,6-7H2,1-2H3. The topological polar surface area (TPSA) is 49.2 Å². The van der Waals surface area contributed by atoms with Crippen LogP contribution in [0, 0.1) is 6.92 Å². The van der Waals surface area contributed by atoms with Gasteiger partial charge in [0, 0.05) is 25.0 Å². The average Bonchev–Trinajstić information content (AvgIpc) is 2.46. The first-order valence-corrected chi connectivity index (χ1v) is 4.84. The molecule has 1 N–H and O–H groups in total. The molecule has 1 fully saturated rings. The molecule has 1 unspecified atom stereocenters. The highest BCUT2D eigenvalue weighted by Gasteiger charge is 2.32. The lowest BCUT2D eigenvalue weighted by molar-refractivity contribution is 0.0838. The SMILES string of the molecule is Cc1ccnc(N2CCC(C)(O)C2)n1. The second-order valence-electron chi connectivity index (χ2n) is 4.17. The van der Waals surface area contributed by atoms with E-state index in [4.69, 9.17) is 0 Å². The second-order valence-corrected chi connectivity index (χ2v) is 4.17. The van der Waals surface area contributed by atoms with E-state index in [2.05, 4.69) is 9.97 Å². The zero-order valence-electron chi connectivity index (χ0n) is 8.56. The third-order valence-corrected chi connectivity index (χ3v) is 2.52. The normalized spacial score (nSPS) is 26.9. The Morgan fingerprint density at radius 2 is 2.36 bits per heavy atom. The van der Waals surface area contributed by atoms with Gasteiger partial charge in [0.05, 0.1) is 5.60 Å². The van der Waals surface area contributed by atoms with Gasteiger partial charge < -0.3 is 10.0 Å². The Balaban J connectivity index is 2.17. The summed E-state index contributed by atoms with van der Waals surface area (Å²) < 4.78 is 0. The van der Waals surface area contributed by atoms with Crippen LogP contribution in [0.1, 0.15) is 19.0 Å². The predicted molar refractivity (Wildman–Crippen MR) is 54.2 cm³/mol. The molecule has 1 aliphatic rings. The number of anilines is 1. The van der Waals surface area contributed by atoms with Crippen molar-refractivity contribution in [2.75, 3.05) is 18.0 Å². The highest BCUT2D eigenvalue weighted by Crippen LogP contribution is 2.23. The summed E-state index contributed by atoms with van der Waals surface area (Å²) in [4.78, 5) is 10.5. The maximum absolute atomic E-state index is 9.80. The summed E-state index contributed by atoms with van der Waals surface area (Å²) in [5, 5.41) is 9.80. The molecule has 1 aromatic rings. The molecule has 1 aromatic heterocycles. The second kappa shape index (κ2) is 3.20. The lowest BCUT2D eigenvalue weighted by atomic mass is 10.1. The molecule has 1 aliphatic heterocycles. The predicted octanol–water partition coefficient (Wildman–Crippen LogP) is 0.746. The van der Waals surface area contributed by atoms with Crippen molar-refractivity contribution in [3.8, 4) is 0 Å². The van der Waals surface area contributed by atoms with Gasteiger partial charge in [0.25, 0.3) is 0 Å². The van der Waals surface area contributed by atoms with Gasteiger partial charge in [0.1, 0.15) is 0 Å². The maximum atomic E-state index is 9.80. The molecule has 0 amide bonds. The molecule has 0 aromatic carbocycles. The number of β-amino-alcohol motifs (C(OH)–C–C–N with tert-alkyl or cyclic N) is 1. The molecule has 1 atom stereocenters. The van der Waals surface area contributed by atoms with Crippen LogP contribution in [-0.4, -0.2) is 33.8 Å². The molecule has 1 saturated heterocycles. The Kier molecular flexibility index (Phi) is 2.15. The van der Waals surface area contributed by atoms with Gasteiger partial charge in [-0.1, -0.05) is 0 Å². The van der Waals surface area contributed by atoms with Crippen LogP contribution in [-0.2, 0) is 0 Å². The number of aliphatic hydroxyl groups is 1. The van der Waals surface area contributed by atoms with E-state index in [1.54, 1.807) is 6.20 Å². The van der Waals surface area contributed by atoms with Crippen molar-refractivity contribution in [3.63, 3.8) is 0 Å². The van der Waals surface area contributed by atoms with E-state index >= 15 is 0 Å². The van der Waals surface area contributed by atoms with Gasteiger partial charge in [-0.05, 0) is 26.3 Å². The van der Waals surface area contributed by atoms with Crippen molar-refractivity contribution in [2.24, 2.45) is 0 Å². The fourth-order valence-electron chi connectivity index (χ4n) is 1.70. The molecule has 0 saturated carbocycles. The lowest BCUT2D eigenvalue weighted by Crippen LogP contribution is -2.30. The number of rotatable bonds is 1. The number of aryl methyl sites for hydroxylation is 1. The zero-order valence-corrected chi connectivity index (χ0v) is 8.56. The molecule has 0 radical (unpaired) electrons. The third-order valence-electron chi connectivity index (χ3n) is 2.52. The number of hydrogen-bond acceptors (Lipinski definition) is 4. The molecule has 4 nitrogen and oxygen atoms in total. The minimum atomic E-state index is -0.590. The van der Waals surface area contributed by atoms with Gasteiger partial charge in [0.2, 0.25) is 5.95 Å².